The predicted molar refractivity (Wildman–Crippen MR) is 119 cm³/mol. The average molecular weight is 428 g/mol. The molecule has 1 atom stereocenters. The number of esters is 1. The fourth-order valence-corrected chi connectivity index (χ4v) is 3.86. The molecule has 3 rings (SSSR count). The highest BCUT2D eigenvalue weighted by atomic mass is 16.5. The molecular weight excluding hydrogens is 394 g/mol. The summed E-state index contributed by atoms with van der Waals surface area (Å²) in [7, 11) is 0. The van der Waals surface area contributed by atoms with E-state index in [1.54, 1.807) is 11.8 Å². The Kier molecular flexibility index (Phi) is 7.74. The van der Waals surface area contributed by atoms with Crippen LogP contribution in [0, 0.1) is 20.8 Å². The summed E-state index contributed by atoms with van der Waals surface area (Å²) in [6, 6.07) is 8.02. The number of H-pyrrole nitrogens is 1. The Morgan fingerprint density at radius 1 is 1.19 bits per heavy atom. The Labute approximate surface area is 184 Å². The molecule has 7 heteroatoms. The minimum absolute atomic E-state index is 0.0799. The van der Waals surface area contributed by atoms with Gasteiger partial charge in [-0.25, -0.2) is 9.59 Å². The number of carbonyl (C=O) groups is 2. The van der Waals surface area contributed by atoms with Crippen LogP contribution in [0.5, 0.6) is 0 Å². The van der Waals surface area contributed by atoms with E-state index < -0.39 is 0 Å². The number of benzene rings is 1. The van der Waals surface area contributed by atoms with E-state index >= 15 is 0 Å². The molecule has 0 spiro atoms. The first-order chi connectivity index (χ1) is 14.9. The number of hydrogen-bond acceptors (Lipinski definition) is 4. The zero-order chi connectivity index (χ0) is 22.4. The maximum atomic E-state index is 13.1. The van der Waals surface area contributed by atoms with Gasteiger partial charge in [-0.3, -0.25) is 0 Å². The number of nitrogens with zero attached hydrogens (tertiary/aromatic N) is 1. The van der Waals surface area contributed by atoms with Gasteiger partial charge in [0, 0.05) is 31.9 Å². The number of amides is 2. The summed E-state index contributed by atoms with van der Waals surface area (Å²) in [4.78, 5) is 30.3. The highest BCUT2D eigenvalue weighted by Crippen LogP contribution is 2.22. The molecule has 0 unspecified atom stereocenters. The lowest BCUT2D eigenvalue weighted by atomic mass is 10.1. The fraction of sp³-hybridized carbons (Fsp3) is 0.500. The number of hydrogen-bond donors (Lipinski definition) is 2. The summed E-state index contributed by atoms with van der Waals surface area (Å²) in [5.74, 6) is -0.373. The summed E-state index contributed by atoms with van der Waals surface area (Å²) in [6.07, 6.45) is 2.08. The van der Waals surface area contributed by atoms with Crippen molar-refractivity contribution in [3.05, 3.63) is 57.9 Å². The second kappa shape index (κ2) is 10.5. The van der Waals surface area contributed by atoms with E-state index in [1.807, 2.05) is 45.0 Å². The minimum Gasteiger partial charge on any atom is -0.461 e. The second-order valence-electron chi connectivity index (χ2n) is 8.11. The largest absolute Gasteiger partial charge is 0.461 e. The summed E-state index contributed by atoms with van der Waals surface area (Å²) >= 11 is 0. The molecule has 1 aliphatic heterocycles. The van der Waals surface area contributed by atoms with Crippen LogP contribution in [-0.4, -0.2) is 47.7 Å². The van der Waals surface area contributed by atoms with Gasteiger partial charge in [0.05, 0.1) is 12.7 Å². The molecular formula is C24H33N3O4. The maximum Gasteiger partial charge on any atom is 0.355 e. The van der Waals surface area contributed by atoms with Crippen LogP contribution in [-0.2, 0) is 22.6 Å². The molecule has 1 aliphatic rings. The highest BCUT2D eigenvalue weighted by molar-refractivity contribution is 5.89. The molecule has 2 N–H and O–H groups in total. The molecule has 2 aromatic rings. The van der Waals surface area contributed by atoms with Crippen molar-refractivity contribution in [2.75, 3.05) is 19.8 Å². The molecule has 0 radical (unpaired) electrons. The second-order valence-corrected chi connectivity index (χ2v) is 8.11. The van der Waals surface area contributed by atoms with Gasteiger partial charge in [0.2, 0.25) is 0 Å². The summed E-state index contributed by atoms with van der Waals surface area (Å²) in [5, 5.41) is 3.03. The van der Waals surface area contributed by atoms with Crippen molar-refractivity contribution in [1.29, 1.82) is 0 Å². The number of aryl methyl sites for hydroxylation is 2. The molecule has 1 aromatic carbocycles. The number of carbonyl (C=O) groups excluding carboxylic acids is 2. The lowest BCUT2D eigenvalue weighted by molar-refractivity contribution is 0.0519. The quantitative estimate of drug-likeness (QED) is 0.624. The Hall–Kier alpha value is -2.80. The molecule has 1 aromatic heterocycles. The molecule has 0 aliphatic carbocycles. The monoisotopic (exact) mass is 427 g/mol. The number of aromatic amines is 1. The number of nitrogens with one attached hydrogen (secondary N) is 2. The zero-order valence-corrected chi connectivity index (χ0v) is 18.9. The third-order valence-corrected chi connectivity index (χ3v) is 5.71. The van der Waals surface area contributed by atoms with Gasteiger partial charge in [0.25, 0.3) is 0 Å². The van der Waals surface area contributed by atoms with Crippen LogP contribution in [0.3, 0.4) is 0 Å². The number of urea groups is 1. The molecule has 2 heterocycles. The van der Waals surface area contributed by atoms with Crippen LogP contribution in [0.25, 0.3) is 0 Å². The van der Waals surface area contributed by atoms with Crippen LogP contribution in [0.4, 0.5) is 4.79 Å². The molecule has 1 fully saturated rings. The summed E-state index contributed by atoms with van der Waals surface area (Å²) in [5.41, 5.74) is 5.29. The maximum absolute atomic E-state index is 13.1. The molecule has 7 nitrogen and oxygen atoms in total. The van der Waals surface area contributed by atoms with Gasteiger partial charge >= 0.3 is 12.0 Å². The first kappa shape index (κ1) is 22.9. The Bertz CT molecular complexity index is 898. The third-order valence-electron chi connectivity index (χ3n) is 5.71. The van der Waals surface area contributed by atoms with E-state index in [4.69, 9.17) is 9.47 Å². The lowest BCUT2D eigenvalue weighted by Crippen LogP contribution is -2.42. The number of ether oxygens (including phenoxy) is 2. The fourth-order valence-electron chi connectivity index (χ4n) is 3.86. The SMILES string of the molecule is CCOC(=O)c1[nH]c(C)c(CN(Cc2ccc(C)cc2)C(=O)NC[C@@H]2CCCO2)c1C. The van der Waals surface area contributed by atoms with E-state index in [0.717, 1.165) is 41.8 Å². The van der Waals surface area contributed by atoms with Crippen molar-refractivity contribution in [1.82, 2.24) is 15.2 Å². The minimum atomic E-state index is -0.373. The Morgan fingerprint density at radius 2 is 1.94 bits per heavy atom. The van der Waals surface area contributed by atoms with Crippen LogP contribution < -0.4 is 5.32 Å². The Balaban J connectivity index is 1.79. The number of aromatic nitrogens is 1. The summed E-state index contributed by atoms with van der Waals surface area (Å²) < 4.78 is 10.8. The molecule has 0 saturated carbocycles. The van der Waals surface area contributed by atoms with Gasteiger partial charge in [-0.1, -0.05) is 29.8 Å². The van der Waals surface area contributed by atoms with Crippen LogP contribution in [0.1, 0.15) is 58.2 Å². The van der Waals surface area contributed by atoms with Gasteiger partial charge in [-0.15, -0.1) is 0 Å². The van der Waals surface area contributed by atoms with Crippen molar-refractivity contribution in [2.45, 2.75) is 59.7 Å². The van der Waals surface area contributed by atoms with E-state index in [2.05, 4.69) is 10.3 Å². The lowest BCUT2D eigenvalue weighted by Gasteiger charge is -2.25. The average Bonchev–Trinajstić information content (AvgIpc) is 3.36. The van der Waals surface area contributed by atoms with Gasteiger partial charge in [0.1, 0.15) is 5.69 Å². The van der Waals surface area contributed by atoms with E-state index in [-0.39, 0.29) is 18.1 Å². The molecule has 2 amide bonds. The molecule has 1 saturated heterocycles. The van der Waals surface area contributed by atoms with Crippen molar-refractivity contribution in [2.24, 2.45) is 0 Å². The molecule has 168 valence electrons. The van der Waals surface area contributed by atoms with E-state index in [1.165, 1.54) is 5.56 Å². The highest BCUT2D eigenvalue weighted by Gasteiger charge is 2.23. The van der Waals surface area contributed by atoms with Crippen molar-refractivity contribution in [3.8, 4) is 0 Å². The van der Waals surface area contributed by atoms with Crippen LogP contribution in [0.2, 0.25) is 0 Å². The van der Waals surface area contributed by atoms with Crippen LogP contribution >= 0.6 is 0 Å². The van der Waals surface area contributed by atoms with Gasteiger partial charge in [0.15, 0.2) is 0 Å². The standard InChI is InChI=1S/C24H33N3O4/c1-5-30-23(28)22-17(3)21(18(4)26-22)15-27(14-19-10-8-16(2)9-11-19)24(29)25-13-20-7-6-12-31-20/h8-11,20,26H,5-7,12-15H2,1-4H3,(H,25,29)/t20-/m0/s1. The first-order valence-corrected chi connectivity index (χ1v) is 10.9. The normalized spacial score (nSPS) is 15.7. The van der Waals surface area contributed by atoms with Gasteiger partial charge in [-0.2, -0.15) is 0 Å². The van der Waals surface area contributed by atoms with Crippen LogP contribution in [0.15, 0.2) is 24.3 Å². The predicted octanol–water partition coefficient (Wildman–Crippen LogP) is 4.01. The summed E-state index contributed by atoms with van der Waals surface area (Å²) in [6.45, 7) is 10.1. The van der Waals surface area contributed by atoms with E-state index in [9.17, 15) is 9.59 Å². The molecule has 0 bridgehead atoms. The van der Waals surface area contributed by atoms with Crippen molar-refractivity contribution in [3.63, 3.8) is 0 Å². The van der Waals surface area contributed by atoms with Gasteiger partial charge < -0.3 is 24.7 Å². The molecule has 31 heavy (non-hydrogen) atoms. The number of rotatable bonds is 8. The van der Waals surface area contributed by atoms with Crippen molar-refractivity contribution < 1.29 is 19.1 Å². The van der Waals surface area contributed by atoms with Gasteiger partial charge in [-0.05, 0) is 57.2 Å². The smallest absolute Gasteiger partial charge is 0.355 e. The topological polar surface area (TPSA) is 83.7 Å². The van der Waals surface area contributed by atoms with Crippen molar-refractivity contribution >= 4 is 12.0 Å². The van der Waals surface area contributed by atoms with E-state index in [0.29, 0.717) is 31.9 Å². The third kappa shape index (κ3) is 5.88. The first-order valence-electron chi connectivity index (χ1n) is 10.9. The zero-order valence-electron chi connectivity index (χ0n) is 18.9. The Morgan fingerprint density at radius 3 is 2.58 bits per heavy atom.